The van der Waals surface area contributed by atoms with Crippen LogP contribution in [0.25, 0.3) is 0 Å². The number of hydrogen-bond acceptors (Lipinski definition) is 3. The smallest absolute Gasteiger partial charge is 0.341 e. The third-order valence-corrected chi connectivity index (χ3v) is 2.15. The molecule has 0 aromatic carbocycles. The molecule has 0 radical (unpaired) electrons. The number of carbonyl (C=O) groups is 1. The number of carbonyl (C=O) groups excluding carboxylic acids is 1. The van der Waals surface area contributed by atoms with Crippen LogP contribution in [0.2, 0.25) is 0 Å². The van der Waals surface area contributed by atoms with Crippen LogP contribution in [-0.4, -0.2) is 17.6 Å². The molecule has 7 heteroatoms. The second-order valence-electron chi connectivity index (χ2n) is 3.02. The maximum absolute atomic E-state index is 13.5. The van der Waals surface area contributed by atoms with Gasteiger partial charge in [0.05, 0.1) is 23.7 Å². The molecule has 3 nitrogen and oxygen atoms in total. The number of pyridine rings is 1. The lowest BCUT2D eigenvalue weighted by atomic mass is 10.2. The van der Waals surface area contributed by atoms with Gasteiger partial charge in [0, 0.05) is 0 Å². The average molecular weight is 268 g/mol. The van der Waals surface area contributed by atoms with Gasteiger partial charge in [0.1, 0.15) is 5.69 Å². The number of ether oxygens (including phenoxy) is 1. The largest absolute Gasteiger partial charge is 0.462 e. The second kappa shape index (κ2) is 5.86. The number of halogens is 4. The van der Waals surface area contributed by atoms with Crippen LogP contribution in [0.3, 0.4) is 0 Å². The Labute approximate surface area is 101 Å². The third kappa shape index (κ3) is 3.09. The van der Waals surface area contributed by atoms with E-state index in [1.807, 2.05) is 0 Å². The van der Waals surface area contributed by atoms with Gasteiger partial charge in [-0.05, 0) is 13.0 Å². The van der Waals surface area contributed by atoms with Gasteiger partial charge in [0.15, 0.2) is 5.82 Å². The molecule has 0 aliphatic heterocycles. The predicted octanol–water partition coefficient (Wildman–Crippen LogP) is 3.07. The Morgan fingerprint density at radius 1 is 1.59 bits per heavy atom. The molecule has 0 aliphatic carbocycles. The fourth-order valence-electron chi connectivity index (χ4n) is 1.17. The molecule has 0 atom stereocenters. The van der Waals surface area contributed by atoms with Crippen molar-refractivity contribution in [3.8, 4) is 0 Å². The minimum absolute atomic E-state index is 0.00794. The highest BCUT2D eigenvalue weighted by Crippen LogP contribution is 2.24. The molecule has 0 amide bonds. The molecular formula is C10H9ClF3NO2. The van der Waals surface area contributed by atoms with Crippen molar-refractivity contribution in [3.05, 3.63) is 28.8 Å². The summed E-state index contributed by atoms with van der Waals surface area (Å²) in [6.45, 7) is 1.54. The van der Waals surface area contributed by atoms with Crippen molar-refractivity contribution in [2.45, 2.75) is 19.2 Å². The Bertz CT molecular complexity index is 426. The van der Waals surface area contributed by atoms with Crippen LogP contribution in [0.4, 0.5) is 13.2 Å². The summed E-state index contributed by atoms with van der Waals surface area (Å²) in [4.78, 5) is 14.7. The second-order valence-corrected chi connectivity index (χ2v) is 3.28. The highest BCUT2D eigenvalue weighted by atomic mass is 35.5. The summed E-state index contributed by atoms with van der Waals surface area (Å²) in [5, 5.41) is 0. The number of hydrogen-bond donors (Lipinski definition) is 0. The van der Waals surface area contributed by atoms with E-state index in [9.17, 15) is 18.0 Å². The van der Waals surface area contributed by atoms with Crippen molar-refractivity contribution in [1.29, 1.82) is 0 Å². The Morgan fingerprint density at radius 2 is 2.24 bits per heavy atom. The minimum atomic E-state index is -3.12. The first kappa shape index (κ1) is 13.8. The lowest BCUT2D eigenvalue weighted by Gasteiger charge is -2.08. The fourth-order valence-corrected chi connectivity index (χ4v) is 1.31. The summed E-state index contributed by atoms with van der Waals surface area (Å²) in [6, 6.07) is 1.01. The van der Waals surface area contributed by atoms with E-state index in [1.165, 1.54) is 6.92 Å². The lowest BCUT2D eigenvalue weighted by Crippen LogP contribution is -2.12. The molecule has 0 unspecified atom stereocenters. The van der Waals surface area contributed by atoms with Crippen molar-refractivity contribution < 1.29 is 22.7 Å². The maximum atomic E-state index is 13.5. The van der Waals surface area contributed by atoms with Gasteiger partial charge >= 0.3 is 5.97 Å². The summed E-state index contributed by atoms with van der Waals surface area (Å²) < 4.78 is 43.0. The van der Waals surface area contributed by atoms with E-state index in [4.69, 9.17) is 11.6 Å². The summed E-state index contributed by atoms with van der Waals surface area (Å²) in [7, 11) is 0. The predicted molar refractivity (Wildman–Crippen MR) is 54.7 cm³/mol. The lowest BCUT2D eigenvalue weighted by molar-refractivity contribution is 0.0519. The Balaban J connectivity index is 3.28. The van der Waals surface area contributed by atoms with Gasteiger partial charge < -0.3 is 4.74 Å². The normalized spacial score (nSPS) is 10.7. The number of esters is 1. The molecule has 0 aliphatic rings. The standard InChI is InChI=1S/C10H9ClF3NO2/c1-2-17-10(16)6-3-5(4-11)15-8(7(6)12)9(13)14/h3,9H,2,4H2,1H3. The van der Waals surface area contributed by atoms with Gasteiger partial charge in [0.25, 0.3) is 6.43 Å². The van der Waals surface area contributed by atoms with E-state index in [0.29, 0.717) is 0 Å². The van der Waals surface area contributed by atoms with E-state index in [0.717, 1.165) is 6.07 Å². The molecule has 0 saturated carbocycles. The van der Waals surface area contributed by atoms with Crippen LogP contribution >= 0.6 is 11.6 Å². The molecule has 0 saturated heterocycles. The maximum Gasteiger partial charge on any atom is 0.341 e. The van der Waals surface area contributed by atoms with Crippen molar-refractivity contribution in [3.63, 3.8) is 0 Å². The molecule has 0 spiro atoms. The first-order valence-corrected chi connectivity index (χ1v) is 5.25. The minimum Gasteiger partial charge on any atom is -0.462 e. The number of rotatable bonds is 4. The van der Waals surface area contributed by atoms with E-state index in [-0.39, 0.29) is 18.2 Å². The number of nitrogens with zero attached hydrogens (tertiary/aromatic N) is 1. The molecule has 1 heterocycles. The zero-order valence-electron chi connectivity index (χ0n) is 8.84. The molecule has 94 valence electrons. The molecule has 0 N–H and O–H groups in total. The molecule has 1 aromatic rings. The molecule has 1 aromatic heterocycles. The van der Waals surface area contributed by atoms with Gasteiger partial charge in [0.2, 0.25) is 0 Å². The topological polar surface area (TPSA) is 39.2 Å². The summed E-state index contributed by atoms with van der Waals surface area (Å²) >= 11 is 5.43. The van der Waals surface area contributed by atoms with Gasteiger partial charge in [-0.3, -0.25) is 0 Å². The number of aromatic nitrogens is 1. The fraction of sp³-hybridized carbons (Fsp3) is 0.400. The highest BCUT2D eigenvalue weighted by molar-refractivity contribution is 6.16. The molecule has 0 bridgehead atoms. The van der Waals surface area contributed by atoms with Crippen LogP contribution in [0, 0.1) is 5.82 Å². The summed E-state index contributed by atoms with van der Waals surface area (Å²) in [5.41, 5.74) is -1.68. The van der Waals surface area contributed by atoms with E-state index in [2.05, 4.69) is 9.72 Å². The highest BCUT2D eigenvalue weighted by Gasteiger charge is 2.24. The summed E-state index contributed by atoms with van der Waals surface area (Å²) in [5.74, 6) is -2.58. The van der Waals surface area contributed by atoms with Gasteiger partial charge in [-0.2, -0.15) is 0 Å². The first-order valence-electron chi connectivity index (χ1n) is 4.71. The Hall–Kier alpha value is -1.30. The van der Waals surface area contributed by atoms with Crippen molar-refractivity contribution in [2.75, 3.05) is 6.61 Å². The monoisotopic (exact) mass is 267 g/mol. The van der Waals surface area contributed by atoms with Gasteiger partial charge in [-0.25, -0.2) is 22.9 Å². The quantitative estimate of drug-likeness (QED) is 0.622. The van der Waals surface area contributed by atoms with Crippen LogP contribution in [0.1, 0.15) is 35.1 Å². The molecular weight excluding hydrogens is 259 g/mol. The van der Waals surface area contributed by atoms with Crippen LogP contribution < -0.4 is 0 Å². The van der Waals surface area contributed by atoms with Crippen LogP contribution in [-0.2, 0) is 10.6 Å². The zero-order valence-corrected chi connectivity index (χ0v) is 9.60. The van der Waals surface area contributed by atoms with Gasteiger partial charge in [-0.1, -0.05) is 0 Å². The zero-order chi connectivity index (χ0) is 13.0. The van der Waals surface area contributed by atoms with Crippen LogP contribution in [0.15, 0.2) is 6.07 Å². The molecule has 0 fully saturated rings. The average Bonchev–Trinajstić information content (AvgIpc) is 2.29. The van der Waals surface area contributed by atoms with E-state index < -0.39 is 29.5 Å². The van der Waals surface area contributed by atoms with Gasteiger partial charge in [-0.15, -0.1) is 11.6 Å². The Morgan fingerprint density at radius 3 is 2.71 bits per heavy atom. The number of alkyl halides is 3. The molecule has 17 heavy (non-hydrogen) atoms. The molecule has 1 rings (SSSR count). The van der Waals surface area contributed by atoms with E-state index >= 15 is 0 Å². The van der Waals surface area contributed by atoms with Crippen molar-refractivity contribution in [2.24, 2.45) is 0 Å². The SMILES string of the molecule is CCOC(=O)c1cc(CCl)nc(C(F)F)c1F. The Kier molecular flexibility index (Phi) is 4.74. The first-order chi connectivity index (χ1) is 8.01. The van der Waals surface area contributed by atoms with E-state index in [1.54, 1.807) is 0 Å². The third-order valence-electron chi connectivity index (χ3n) is 1.88. The van der Waals surface area contributed by atoms with Crippen molar-refractivity contribution >= 4 is 17.6 Å². The van der Waals surface area contributed by atoms with Crippen LogP contribution in [0.5, 0.6) is 0 Å². The van der Waals surface area contributed by atoms with Crippen molar-refractivity contribution in [1.82, 2.24) is 4.98 Å². The summed E-state index contributed by atoms with van der Waals surface area (Å²) in [6.07, 6.45) is -3.12.